The Morgan fingerprint density at radius 2 is 1.88 bits per heavy atom. The lowest BCUT2D eigenvalue weighted by Crippen LogP contribution is -2.43. The molecule has 1 rings (SSSR count). The summed E-state index contributed by atoms with van der Waals surface area (Å²) in [6.45, 7) is 7.81. The molecule has 4 heteroatoms. The summed E-state index contributed by atoms with van der Waals surface area (Å²) in [5.74, 6) is 0. The number of urea groups is 1. The second-order valence-electron chi connectivity index (χ2n) is 4.85. The maximum atomic E-state index is 11.6. The van der Waals surface area contributed by atoms with Gasteiger partial charge in [0, 0.05) is 15.7 Å². The van der Waals surface area contributed by atoms with Crippen LogP contribution in [-0.4, -0.2) is 11.6 Å². The minimum atomic E-state index is -0.231. The van der Waals surface area contributed by atoms with E-state index >= 15 is 0 Å². The fourth-order valence-corrected chi connectivity index (χ4v) is 1.92. The summed E-state index contributed by atoms with van der Waals surface area (Å²) in [5, 5.41) is 5.64. The number of hydrogen-bond donors (Lipinski definition) is 2. The largest absolute Gasteiger partial charge is 0.333 e. The third-order valence-corrected chi connectivity index (χ3v) is 2.25. The molecule has 0 fully saturated rings. The molecule has 0 saturated heterocycles. The Morgan fingerprint density at radius 3 is 2.38 bits per heavy atom. The highest BCUT2D eigenvalue weighted by molar-refractivity contribution is 9.10. The molecule has 2 amide bonds. The number of rotatable bonds is 1. The molecule has 0 bridgehead atoms. The van der Waals surface area contributed by atoms with Crippen LogP contribution in [0.4, 0.5) is 10.5 Å². The second kappa shape index (κ2) is 4.87. The highest BCUT2D eigenvalue weighted by Crippen LogP contribution is 2.19. The number of anilines is 1. The average molecular weight is 285 g/mol. The van der Waals surface area contributed by atoms with Crippen LogP contribution in [0, 0.1) is 6.92 Å². The maximum Gasteiger partial charge on any atom is 0.319 e. The zero-order chi connectivity index (χ0) is 12.3. The number of benzene rings is 1. The second-order valence-corrected chi connectivity index (χ2v) is 5.76. The van der Waals surface area contributed by atoms with Gasteiger partial charge in [-0.05, 0) is 51.5 Å². The first-order valence-electron chi connectivity index (χ1n) is 5.13. The molecule has 1 aromatic carbocycles. The Hall–Kier alpha value is -1.03. The van der Waals surface area contributed by atoms with Crippen LogP contribution in [0.5, 0.6) is 0 Å². The van der Waals surface area contributed by atoms with E-state index in [0.717, 1.165) is 15.7 Å². The Labute approximate surface area is 105 Å². The van der Waals surface area contributed by atoms with E-state index < -0.39 is 0 Å². The molecule has 0 saturated carbocycles. The summed E-state index contributed by atoms with van der Waals surface area (Å²) in [6.07, 6.45) is 0. The quantitative estimate of drug-likeness (QED) is 0.812. The summed E-state index contributed by atoms with van der Waals surface area (Å²) >= 11 is 3.39. The van der Waals surface area contributed by atoms with Crippen molar-refractivity contribution >= 4 is 27.6 Å². The van der Waals surface area contributed by atoms with Gasteiger partial charge in [0.25, 0.3) is 0 Å². The van der Waals surface area contributed by atoms with Gasteiger partial charge in [-0.1, -0.05) is 15.9 Å². The number of hydrogen-bond acceptors (Lipinski definition) is 1. The normalized spacial score (nSPS) is 11.1. The number of amides is 2. The highest BCUT2D eigenvalue weighted by Gasteiger charge is 2.13. The Balaban J connectivity index is 2.70. The number of carbonyl (C=O) groups excluding carboxylic acids is 1. The van der Waals surface area contributed by atoms with Crippen LogP contribution < -0.4 is 10.6 Å². The molecule has 1 aromatic rings. The van der Waals surface area contributed by atoms with Crippen molar-refractivity contribution in [3.05, 3.63) is 28.2 Å². The van der Waals surface area contributed by atoms with Crippen LogP contribution in [-0.2, 0) is 0 Å². The minimum Gasteiger partial charge on any atom is -0.333 e. The van der Waals surface area contributed by atoms with Crippen molar-refractivity contribution < 1.29 is 4.79 Å². The van der Waals surface area contributed by atoms with Crippen molar-refractivity contribution in [2.24, 2.45) is 0 Å². The van der Waals surface area contributed by atoms with E-state index in [1.165, 1.54) is 0 Å². The molecule has 0 atom stereocenters. The van der Waals surface area contributed by atoms with Crippen molar-refractivity contribution in [3.63, 3.8) is 0 Å². The standard InChI is InChI=1S/C12H17BrN2O/c1-8-5-9(13)7-10(6-8)14-11(16)15-12(2,3)4/h5-7H,1-4H3,(H2,14,15,16). The summed E-state index contributed by atoms with van der Waals surface area (Å²) in [5.41, 5.74) is 1.65. The third-order valence-electron chi connectivity index (χ3n) is 1.79. The smallest absolute Gasteiger partial charge is 0.319 e. The molecule has 3 nitrogen and oxygen atoms in total. The van der Waals surface area contributed by atoms with Gasteiger partial charge in [-0.25, -0.2) is 4.79 Å². The van der Waals surface area contributed by atoms with Crippen LogP contribution in [0.25, 0.3) is 0 Å². The first-order valence-corrected chi connectivity index (χ1v) is 5.92. The van der Waals surface area contributed by atoms with Crippen molar-refractivity contribution in [1.82, 2.24) is 5.32 Å². The molecule has 2 N–H and O–H groups in total. The summed E-state index contributed by atoms with van der Waals surface area (Å²) in [6, 6.07) is 5.60. The molecule has 0 aliphatic heterocycles. The molecular formula is C12H17BrN2O. The van der Waals surface area contributed by atoms with Gasteiger partial charge in [-0.15, -0.1) is 0 Å². The van der Waals surface area contributed by atoms with Crippen LogP contribution in [0.1, 0.15) is 26.3 Å². The van der Waals surface area contributed by atoms with E-state index in [0.29, 0.717) is 0 Å². The van der Waals surface area contributed by atoms with Crippen molar-refractivity contribution in [2.75, 3.05) is 5.32 Å². The van der Waals surface area contributed by atoms with E-state index in [-0.39, 0.29) is 11.6 Å². The first kappa shape index (κ1) is 13.0. The molecule has 0 aliphatic rings. The fraction of sp³-hybridized carbons (Fsp3) is 0.417. The average Bonchev–Trinajstić information content (AvgIpc) is 1.96. The zero-order valence-corrected chi connectivity index (χ0v) is 11.6. The van der Waals surface area contributed by atoms with Crippen LogP contribution in [0.3, 0.4) is 0 Å². The van der Waals surface area contributed by atoms with Crippen molar-refractivity contribution in [1.29, 1.82) is 0 Å². The number of nitrogens with one attached hydrogen (secondary N) is 2. The summed E-state index contributed by atoms with van der Waals surface area (Å²) in [4.78, 5) is 11.6. The maximum absolute atomic E-state index is 11.6. The molecule has 0 unspecified atom stereocenters. The van der Waals surface area contributed by atoms with Gasteiger partial charge in [0.2, 0.25) is 0 Å². The van der Waals surface area contributed by atoms with Gasteiger partial charge in [0.15, 0.2) is 0 Å². The predicted octanol–water partition coefficient (Wildman–Crippen LogP) is 3.68. The lowest BCUT2D eigenvalue weighted by molar-refractivity contribution is 0.244. The summed E-state index contributed by atoms with van der Waals surface area (Å²) < 4.78 is 0.957. The first-order chi connectivity index (χ1) is 7.26. The third kappa shape index (κ3) is 4.66. The number of carbonyl (C=O) groups is 1. The Morgan fingerprint density at radius 1 is 1.25 bits per heavy atom. The van der Waals surface area contributed by atoms with E-state index in [4.69, 9.17) is 0 Å². The van der Waals surface area contributed by atoms with Crippen molar-refractivity contribution in [3.8, 4) is 0 Å². The lowest BCUT2D eigenvalue weighted by Gasteiger charge is -2.20. The van der Waals surface area contributed by atoms with E-state index in [9.17, 15) is 4.79 Å². The van der Waals surface area contributed by atoms with Gasteiger partial charge in [0.1, 0.15) is 0 Å². The van der Waals surface area contributed by atoms with Gasteiger partial charge < -0.3 is 10.6 Å². The fourth-order valence-electron chi connectivity index (χ4n) is 1.31. The van der Waals surface area contributed by atoms with Gasteiger partial charge in [0.05, 0.1) is 0 Å². The SMILES string of the molecule is Cc1cc(Br)cc(NC(=O)NC(C)(C)C)c1. The molecule has 0 aromatic heterocycles. The van der Waals surface area contributed by atoms with E-state index in [2.05, 4.69) is 26.6 Å². The molecule has 0 heterocycles. The topological polar surface area (TPSA) is 41.1 Å². The highest BCUT2D eigenvalue weighted by atomic mass is 79.9. The monoisotopic (exact) mass is 284 g/mol. The van der Waals surface area contributed by atoms with E-state index in [1.807, 2.05) is 45.9 Å². The van der Waals surface area contributed by atoms with E-state index in [1.54, 1.807) is 0 Å². The molecule has 0 spiro atoms. The van der Waals surface area contributed by atoms with Gasteiger partial charge in [-0.2, -0.15) is 0 Å². The van der Waals surface area contributed by atoms with Crippen molar-refractivity contribution in [2.45, 2.75) is 33.2 Å². The zero-order valence-electron chi connectivity index (χ0n) is 10.0. The van der Waals surface area contributed by atoms with Crippen LogP contribution in [0.2, 0.25) is 0 Å². The molecule has 16 heavy (non-hydrogen) atoms. The van der Waals surface area contributed by atoms with Gasteiger partial charge >= 0.3 is 6.03 Å². The number of aryl methyl sites for hydroxylation is 1. The summed E-state index contributed by atoms with van der Waals surface area (Å²) in [7, 11) is 0. The minimum absolute atomic E-state index is 0.190. The molecule has 0 aliphatic carbocycles. The lowest BCUT2D eigenvalue weighted by atomic mass is 10.1. The number of halogens is 1. The molecule has 88 valence electrons. The Bertz CT molecular complexity index is 376. The molecular weight excluding hydrogens is 268 g/mol. The predicted molar refractivity (Wildman–Crippen MR) is 70.8 cm³/mol. The van der Waals surface area contributed by atoms with Crippen LogP contribution in [0.15, 0.2) is 22.7 Å². The van der Waals surface area contributed by atoms with Crippen LogP contribution >= 0.6 is 15.9 Å². The molecule has 0 radical (unpaired) electrons. The van der Waals surface area contributed by atoms with Gasteiger partial charge in [-0.3, -0.25) is 0 Å². The Kier molecular flexibility index (Phi) is 3.97.